The summed E-state index contributed by atoms with van der Waals surface area (Å²) in [7, 11) is 0. The number of thiol groups is 1. The first-order valence-electron chi connectivity index (χ1n) is 5.44. The Morgan fingerprint density at radius 2 is 1.88 bits per heavy atom. The van der Waals surface area contributed by atoms with Crippen LogP contribution in [0.3, 0.4) is 0 Å². The van der Waals surface area contributed by atoms with Gasteiger partial charge in [0.2, 0.25) is 5.91 Å². The van der Waals surface area contributed by atoms with Crippen molar-refractivity contribution in [2.24, 2.45) is 0 Å². The van der Waals surface area contributed by atoms with Crippen LogP contribution in [0.2, 0.25) is 0 Å². The van der Waals surface area contributed by atoms with Crippen LogP contribution in [0.25, 0.3) is 0 Å². The van der Waals surface area contributed by atoms with Crippen LogP contribution >= 0.6 is 12.6 Å². The third-order valence-electron chi connectivity index (χ3n) is 2.79. The standard InChI is InChI=1S/C11H14N2O3S/c14-10(8-17)12-3-5-13(6-4-12)11(15)9-2-1-7-16-9/h1-2,7,17H,3-6,8H2. The summed E-state index contributed by atoms with van der Waals surface area (Å²) in [5, 5.41) is 0. The Morgan fingerprint density at radius 1 is 1.24 bits per heavy atom. The molecule has 17 heavy (non-hydrogen) atoms. The van der Waals surface area contributed by atoms with Gasteiger partial charge in [-0.25, -0.2) is 0 Å². The van der Waals surface area contributed by atoms with Crippen molar-refractivity contribution in [3.63, 3.8) is 0 Å². The van der Waals surface area contributed by atoms with Gasteiger partial charge in [0.15, 0.2) is 5.76 Å². The quantitative estimate of drug-likeness (QED) is 0.782. The summed E-state index contributed by atoms with van der Waals surface area (Å²) < 4.78 is 5.06. The van der Waals surface area contributed by atoms with E-state index in [0.29, 0.717) is 31.9 Å². The van der Waals surface area contributed by atoms with Crippen molar-refractivity contribution >= 4 is 24.4 Å². The summed E-state index contributed by atoms with van der Waals surface area (Å²) in [6, 6.07) is 3.33. The molecule has 1 aliphatic rings. The summed E-state index contributed by atoms with van der Waals surface area (Å²) in [5.41, 5.74) is 0. The number of carbonyl (C=O) groups excluding carboxylic acids is 2. The van der Waals surface area contributed by atoms with Gasteiger partial charge in [0, 0.05) is 26.2 Å². The van der Waals surface area contributed by atoms with Gasteiger partial charge in [-0.1, -0.05) is 0 Å². The molecule has 1 fully saturated rings. The van der Waals surface area contributed by atoms with Crippen molar-refractivity contribution in [3.05, 3.63) is 24.2 Å². The average Bonchev–Trinajstić information content (AvgIpc) is 2.91. The van der Waals surface area contributed by atoms with Gasteiger partial charge < -0.3 is 14.2 Å². The first kappa shape index (κ1) is 12.0. The number of carbonyl (C=O) groups is 2. The van der Waals surface area contributed by atoms with Crippen molar-refractivity contribution in [2.45, 2.75) is 0 Å². The number of rotatable bonds is 2. The molecule has 0 bridgehead atoms. The van der Waals surface area contributed by atoms with E-state index in [1.807, 2.05) is 0 Å². The summed E-state index contributed by atoms with van der Waals surface area (Å²) in [4.78, 5) is 26.7. The summed E-state index contributed by atoms with van der Waals surface area (Å²) in [6.45, 7) is 2.20. The highest BCUT2D eigenvalue weighted by Gasteiger charge is 2.25. The molecule has 0 aromatic carbocycles. The number of furan rings is 1. The second-order valence-electron chi connectivity index (χ2n) is 3.81. The lowest BCUT2D eigenvalue weighted by Gasteiger charge is -2.34. The highest BCUT2D eigenvalue weighted by molar-refractivity contribution is 7.81. The molecule has 0 atom stereocenters. The number of hydrogen-bond donors (Lipinski definition) is 1. The SMILES string of the molecule is O=C(CS)N1CCN(C(=O)c2ccco2)CC1. The van der Waals surface area contributed by atoms with Gasteiger partial charge in [-0.3, -0.25) is 9.59 Å². The van der Waals surface area contributed by atoms with E-state index < -0.39 is 0 Å². The molecule has 1 aromatic heterocycles. The van der Waals surface area contributed by atoms with Crippen molar-refractivity contribution in [2.75, 3.05) is 31.9 Å². The maximum absolute atomic E-state index is 11.9. The molecule has 6 heteroatoms. The minimum atomic E-state index is -0.118. The molecule has 0 N–H and O–H groups in total. The molecule has 1 aliphatic heterocycles. The first-order chi connectivity index (χ1) is 8.22. The number of nitrogens with zero attached hydrogens (tertiary/aromatic N) is 2. The lowest BCUT2D eigenvalue weighted by Crippen LogP contribution is -2.50. The van der Waals surface area contributed by atoms with Crippen molar-refractivity contribution in [3.8, 4) is 0 Å². The van der Waals surface area contributed by atoms with E-state index in [1.54, 1.807) is 21.9 Å². The average molecular weight is 254 g/mol. The van der Waals surface area contributed by atoms with Crippen LogP contribution in [0.4, 0.5) is 0 Å². The fourth-order valence-electron chi connectivity index (χ4n) is 1.82. The van der Waals surface area contributed by atoms with Gasteiger partial charge in [0.1, 0.15) is 0 Å². The Bertz CT molecular complexity index is 397. The minimum Gasteiger partial charge on any atom is -0.459 e. The van der Waals surface area contributed by atoms with E-state index in [0.717, 1.165) is 0 Å². The van der Waals surface area contributed by atoms with Crippen LogP contribution in [-0.2, 0) is 4.79 Å². The molecule has 2 heterocycles. The molecular formula is C11H14N2O3S. The molecule has 0 radical (unpaired) electrons. The molecule has 2 amide bonds. The van der Waals surface area contributed by atoms with Gasteiger partial charge in [-0.2, -0.15) is 12.6 Å². The normalized spacial score (nSPS) is 16.1. The topological polar surface area (TPSA) is 53.8 Å². The van der Waals surface area contributed by atoms with E-state index in [2.05, 4.69) is 12.6 Å². The van der Waals surface area contributed by atoms with Crippen LogP contribution < -0.4 is 0 Å². The van der Waals surface area contributed by atoms with Crippen LogP contribution in [0.15, 0.2) is 22.8 Å². The van der Waals surface area contributed by atoms with Crippen LogP contribution in [0.1, 0.15) is 10.6 Å². The van der Waals surface area contributed by atoms with E-state index in [4.69, 9.17) is 4.42 Å². The molecule has 0 aliphatic carbocycles. The number of piperazine rings is 1. The summed E-state index contributed by atoms with van der Waals surface area (Å²) in [6.07, 6.45) is 1.48. The molecule has 1 aromatic rings. The highest BCUT2D eigenvalue weighted by Crippen LogP contribution is 2.09. The van der Waals surface area contributed by atoms with Gasteiger partial charge in [-0.05, 0) is 12.1 Å². The Balaban J connectivity index is 1.91. The third-order valence-corrected chi connectivity index (χ3v) is 3.06. The zero-order valence-electron chi connectivity index (χ0n) is 9.33. The Morgan fingerprint density at radius 3 is 2.41 bits per heavy atom. The largest absolute Gasteiger partial charge is 0.459 e. The minimum absolute atomic E-state index is 0.0124. The summed E-state index contributed by atoms with van der Waals surface area (Å²) in [5.74, 6) is 0.456. The van der Waals surface area contributed by atoms with Gasteiger partial charge in [0.05, 0.1) is 12.0 Å². The Hall–Kier alpha value is -1.43. The number of hydrogen-bond acceptors (Lipinski definition) is 4. The zero-order valence-corrected chi connectivity index (χ0v) is 10.2. The zero-order chi connectivity index (χ0) is 12.3. The van der Waals surface area contributed by atoms with Crippen LogP contribution in [0, 0.1) is 0 Å². The molecular weight excluding hydrogens is 240 g/mol. The predicted molar refractivity (Wildman–Crippen MR) is 65.0 cm³/mol. The predicted octanol–water partition coefficient (Wildman–Crippen LogP) is 0.494. The van der Waals surface area contributed by atoms with Crippen molar-refractivity contribution in [1.82, 2.24) is 9.80 Å². The first-order valence-corrected chi connectivity index (χ1v) is 6.07. The van der Waals surface area contributed by atoms with E-state index in [9.17, 15) is 9.59 Å². The highest BCUT2D eigenvalue weighted by atomic mass is 32.1. The third kappa shape index (κ3) is 2.63. The molecule has 0 spiro atoms. The lowest BCUT2D eigenvalue weighted by molar-refractivity contribution is -0.129. The Labute approximate surface area is 105 Å². The fourth-order valence-corrected chi connectivity index (χ4v) is 2.02. The van der Waals surface area contributed by atoms with Crippen molar-refractivity contribution < 1.29 is 14.0 Å². The summed E-state index contributed by atoms with van der Waals surface area (Å²) >= 11 is 3.95. The maximum atomic E-state index is 11.9. The number of amides is 2. The second-order valence-corrected chi connectivity index (χ2v) is 4.12. The second kappa shape index (κ2) is 5.27. The Kier molecular flexibility index (Phi) is 3.73. The molecule has 1 saturated heterocycles. The monoisotopic (exact) mass is 254 g/mol. The van der Waals surface area contributed by atoms with Gasteiger partial charge in [0.25, 0.3) is 5.91 Å². The van der Waals surface area contributed by atoms with Gasteiger partial charge in [-0.15, -0.1) is 0 Å². The van der Waals surface area contributed by atoms with Crippen LogP contribution in [0.5, 0.6) is 0 Å². The lowest BCUT2D eigenvalue weighted by atomic mass is 10.3. The van der Waals surface area contributed by atoms with Crippen LogP contribution in [-0.4, -0.2) is 53.5 Å². The van der Waals surface area contributed by atoms with Gasteiger partial charge >= 0.3 is 0 Å². The van der Waals surface area contributed by atoms with Crippen molar-refractivity contribution in [1.29, 1.82) is 0 Å². The molecule has 92 valence electrons. The molecule has 2 rings (SSSR count). The smallest absolute Gasteiger partial charge is 0.289 e. The molecule has 5 nitrogen and oxygen atoms in total. The maximum Gasteiger partial charge on any atom is 0.289 e. The van der Waals surface area contributed by atoms with E-state index in [1.165, 1.54) is 6.26 Å². The fraction of sp³-hybridized carbons (Fsp3) is 0.455. The molecule has 0 saturated carbocycles. The molecule has 0 unspecified atom stereocenters. The van der Waals surface area contributed by atoms with E-state index >= 15 is 0 Å². The van der Waals surface area contributed by atoms with E-state index in [-0.39, 0.29) is 17.6 Å².